The van der Waals surface area contributed by atoms with E-state index >= 15 is 0 Å². The summed E-state index contributed by atoms with van der Waals surface area (Å²) in [7, 11) is 0. The lowest BCUT2D eigenvalue weighted by Crippen LogP contribution is -2.29. The third-order valence-electron chi connectivity index (χ3n) is 6.46. The maximum absolute atomic E-state index is 14.2. The standard InChI is InChI=1S/C28H28FNO4/c1-15-13-17-14-18(29)5-6-19(17)24(22(15)26(27(31)32)34-28(2,3)4)20-7-8-21-23-16(10-12-33-21)9-11-30-25(20)23/h5-7,9,11,13-14,21,26H,8,10,12H2,1-4H3,(H,31,32). The van der Waals surface area contributed by atoms with Gasteiger partial charge in [-0.05, 0) is 86.2 Å². The van der Waals surface area contributed by atoms with Crippen molar-refractivity contribution in [3.8, 4) is 0 Å². The predicted molar refractivity (Wildman–Crippen MR) is 128 cm³/mol. The molecule has 0 saturated heterocycles. The highest BCUT2D eigenvalue weighted by atomic mass is 19.1. The summed E-state index contributed by atoms with van der Waals surface area (Å²) in [6.45, 7) is 8.04. The number of nitrogens with zero attached hydrogens (tertiary/aromatic N) is 1. The molecule has 0 fully saturated rings. The first kappa shape index (κ1) is 22.7. The van der Waals surface area contributed by atoms with Gasteiger partial charge in [0.2, 0.25) is 0 Å². The Hall–Kier alpha value is -3.09. The molecule has 5 rings (SSSR count). The van der Waals surface area contributed by atoms with Gasteiger partial charge in [-0.2, -0.15) is 0 Å². The molecule has 0 amide bonds. The Morgan fingerprint density at radius 2 is 2.06 bits per heavy atom. The second-order valence-electron chi connectivity index (χ2n) is 9.99. The molecule has 2 unspecified atom stereocenters. The average Bonchev–Trinajstić information content (AvgIpc) is 2.77. The molecule has 1 aromatic heterocycles. The number of rotatable bonds is 4. The van der Waals surface area contributed by atoms with Crippen LogP contribution in [0.2, 0.25) is 0 Å². The number of carboxylic acid groups (broad SMARTS) is 1. The molecule has 0 spiro atoms. The van der Waals surface area contributed by atoms with E-state index in [9.17, 15) is 14.3 Å². The molecule has 1 N–H and O–H groups in total. The Morgan fingerprint density at radius 3 is 2.79 bits per heavy atom. The van der Waals surface area contributed by atoms with Crippen LogP contribution >= 0.6 is 0 Å². The SMILES string of the molecule is Cc1cc2cc(F)ccc2c(C2=CCC3OCCc4ccnc2c43)c1C(OC(C)(C)C)C(=O)O. The molecule has 6 heteroatoms. The molecule has 34 heavy (non-hydrogen) atoms. The minimum atomic E-state index is -1.20. The molecule has 0 bridgehead atoms. The number of hydrogen-bond acceptors (Lipinski definition) is 4. The Bertz CT molecular complexity index is 1340. The number of halogens is 1. The summed E-state index contributed by atoms with van der Waals surface area (Å²) in [6, 6.07) is 8.48. The number of hydrogen-bond donors (Lipinski definition) is 1. The maximum atomic E-state index is 14.2. The summed E-state index contributed by atoms with van der Waals surface area (Å²) in [4.78, 5) is 17.3. The Balaban J connectivity index is 1.83. The predicted octanol–water partition coefficient (Wildman–Crippen LogP) is 6.07. The number of carbonyl (C=O) groups is 1. The summed E-state index contributed by atoms with van der Waals surface area (Å²) in [5, 5.41) is 11.7. The van der Waals surface area contributed by atoms with E-state index in [-0.39, 0.29) is 11.9 Å². The van der Waals surface area contributed by atoms with Crippen LogP contribution in [0.15, 0.2) is 42.6 Å². The fourth-order valence-electron chi connectivity index (χ4n) is 5.18. The van der Waals surface area contributed by atoms with Crippen molar-refractivity contribution >= 4 is 22.3 Å². The van der Waals surface area contributed by atoms with Gasteiger partial charge in [0.1, 0.15) is 5.82 Å². The molecule has 2 aromatic carbocycles. The van der Waals surface area contributed by atoms with Crippen molar-refractivity contribution in [2.24, 2.45) is 0 Å². The van der Waals surface area contributed by atoms with Crippen molar-refractivity contribution in [1.82, 2.24) is 4.98 Å². The van der Waals surface area contributed by atoms with Crippen molar-refractivity contribution in [3.05, 3.63) is 81.9 Å². The molecular weight excluding hydrogens is 433 g/mol. The van der Waals surface area contributed by atoms with Gasteiger partial charge < -0.3 is 14.6 Å². The lowest BCUT2D eigenvalue weighted by atomic mass is 9.80. The summed E-state index contributed by atoms with van der Waals surface area (Å²) < 4.78 is 26.3. The van der Waals surface area contributed by atoms with Crippen molar-refractivity contribution in [2.75, 3.05) is 6.61 Å². The van der Waals surface area contributed by atoms with Crippen LogP contribution in [0.5, 0.6) is 0 Å². The molecule has 0 saturated carbocycles. The first-order chi connectivity index (χ1) is 16.1. The van der Waals surface area contributed by atoms with E-state index in [1.807, 2.05) is 39.8 Å². The van der Waals surface area contributed by atoms with E-state index in [4.69, 9.17) is 14.5 Å². The van der Waals surface area contributed by atoms with Crippen molar-refractivity contribution in [2.45, 2.75) is 58.3 Å². The van der Waals surface area contributed by atoms with E-state index < -0.39 is 17.7 Å². The number of ether oxygens (including phenoxy) is 2. The third kappa shape index (κ3) is 3.91. The Morgan fingerprint density at radius 1 is 1.26 bits per heavy atom. The van der Waals surface area contributed by atoms with Gasteiger partial charge in [-0.1, -0.05) is 18.2 Å². The van der Waals surface area contributed by atoms with E-state index in [0.717, 1.165) is 39.8 Å². The van der Waals surface area contributed by atoms with Crippen LogP contribution in [0.1, 0.15) is 72.9 Å². The van der Waals surface area contributed by atoms with Gasteiger partial charge in [-0.15, -0.1) is 0 Å². The summed E-state index contributed by atoms with van der Waals surface area (Å²) in [6.07, 6.45) is 4.09. The molecule has 2 atom stereocenters. The Kier molecular flexibility index (Phi) is 5.53. The van der Waals surface area contributed by atoms with E-state index in [2.05, 4.69) is 6.08 Å². The van der Waals surface area contributed by atoms with Gasteiger partial charge in [0, 0.05) is 22.9 Å². The van der Waals surface area contributed by atoms with Gasteiger partial charge in [0.15, 0.2) is 6.10 Å². The lowest BCUT2D eigenvalue weighted by Gasteiger charge is -2.33. The zero-order valence-electron chi connectivity index (χ0n) is 19.8. The van der Waals surface area contributed by atoms with Crippen LogP contribution < -0.4 is 0 Å². The molecule has 1 aliphatic carbocycles. The summed E-state index contributed by atoms with van der Waals surface area (Å²) in [5.74, 6) is -1.41. The highest BCUT2D eigenvalue weighted by Crippen LogP contribution is 2.46. The van der Waals surface area contributed by atoms with Gasteiger partial charge in [-0.3, -0.25) is 4.98 Å². The molecule has 2 heterocycles. The monoisotopic (exact) mass is 461 g/mol. The number of pyridine rings is 1. The fraction of sp³-hybridized carbons (Fsp3) is 0.357. The van der Waals surface area contributed by atoms with Crippen molar-refractivity contribution < 1.29 is 23.8 Å². The topological polar surface area (TPSA) is 68.7 Å². The van der Waals surface area contributed by atoms with Crippen LogP contribution in [0.25, 0.3) is 16.3 Å². The highest BCUT2D eigenvalue weighted by Gasteiger charge is 2.35. The second-order valence-corrected chi connectivity index (χ2v) is 9.99. The second kappa shape index (κ2) is 8.29. The molecule has 0 radical (unpaired) electrons. The van der Waals surface area contributed by atoms with Crippen LogP contribution in [-0.2, 0) is 20.7 Å². The number of carboxylic acids is 1. The van der Waals surface area contributed by atoms with Gasteiger partial charge in [-0.25, -0.2) is 9.18 Å². The number of aromatic nitrogens is 1. The number of aryl methyl sites for hydroxylation is 1. The summed E-state index contributed by atoms with van der Waals surface area (Å²) in [5.41, 5.74) is 5.26. The average molecular weight is 462 g/mol. The minimum Gasteiger partial charge on any atom is -0.479 e. The van der Waals surface area contributed by atoms with E-state index in [0.29, 0.717) is 24.0 Å². The van der Waals surface area contributed by atoms with Gasteiger partial charge in [0.05, 0.1) is 24.0 Å². The van der Waals surface area contributed by atoms with E-state index in [1.54, 1.807) is 12.3 Å². The molecule has 1 aliphatic heterocycles. The molecule has 2 aliphatic rings. The largest absolute Gasteiger partial charge is 0.479 e. The fourth-order valence-corrected chi connectivity index (χ4v) is 5.18. The summed E-state index contributed by atoms with van der Waals surface area (Å²) >= 11 is 0. The van der Waals surface area contributed by atoms with E-state index in [1.165, 1.54) is 17.7 Å². The molecular formula is C28H28FNO4. The third-order valence-corrected chi connectivity index (χ3v) is 6.46. The van der Waals surface area contributed by atoms with Crippen molar-refractivity contribution in [1.29, 1.82) is 0 Å². The molecule has 5 nitrogen and oxygen atoms in total. The smallest absolute Gasteiger partial charge is 0.337 e. The van der Waals surface area contributed by atoms with Crippen LogP contribution in [0.3, 0.4) is 0 Å². The lowest BCUT2D eigenvalue weighted by molar-refractivity contribution is -0.160. The van der Waals surface area contributed by atoms with Crippen molar-refractivity contribution in [3.63, 3.8) is 0 Å². The first-order valence-electron chi connectivity index (χ1n) is 11.6. The van der Waals surface area contributed by atoms with Crippen LogP contribution in [0.4, 0.5) is 4.39 Å². The Labute approximate surface area is 198 Å². The number of aliphatic carboxylic acids is 1. The normalized spacial score (nSPS) is 18.4. The zero-order valence-corrected chi connectivity index (χ0v) is 19.8. The minimum absolute atomic E-state index is 0.0609. The number of benzene rings is 2. The van der Waals surface area contributed by atoms with Crippen LogP contribution in [0, 0.1) is 12.7 Å². The van der Waals surface area contributed by atoms with Crippen LogP contribution in [-0.4, -0.2) is 28.3 Å². The number of fused-ring (bicyclic) bond motifs is 1. The maximum Gasteiger partial charge on any atom is 0.337 e. The van der Waals surface area contributed by atoms with Gasteiger partial charge >= 0.3 is 5.97 Å². The molecule has 176 valence electrons. The quantitative estimate of drug-likeness (QED) is 0.511. The zero-order chi connectivity index (χ0) is 24.2. The highest BCUT2D eigenvalue weighted by molar-refractivity contribution is 6.01. The van der Waals surface area contributed by atoms with Gasteiger partial charge in [0.25, 0.3) is 0 Å². The first-order valence-corrected chi connectivity index (χ1v) is 11.6. The molecule has 3 aromatic rings.